The van der Waals surface area contributed by atoms with Crippen LogP contribution in [0.5, 0.6) is 0 Å². The van der Waals surface area contributed by atoms with E-state index in [4.69, 9.17) is 9.05 Å². The first-order valence-corrected chi connectivity index (χ1v) is 16.9. The minimum absolute atomic E-state index is 0.101. The van der Waals surface area contributed by atoms with E-state index >= 15 is 0 Å². The molecule has 252 valence electrons. The van der Waals surface area contributed by atoms with Crippen molar-refractivity contribution in [1.82, 2.24) is 10.3 Å². The van der Waals surface area contributed by atoms with Crippen LogP contribution in [0.4, 0.5) is 20.2 Å². The second-order valence-electron chi connectivity index (χ2n) is 11.6. The van der Waals surface area contributed by atoms with Gasteiger partial charge in [-0.05, 0) is 86.2 Å². The Bertz CT molecular complexity index is 1780. The Labute approximate surface area is 284 Å². The number of aromatic nitrogens is 2. The van der Waals surface area contributed by atoms with E-state index in [-0.39, 0.29) is 28.5 Å². The van der Waals surface area contributed by atoms with Crippen molar-refractivity contribution in [3.05, 3.63) is 124 Å². The molecule has 1 N–H and O–H groups in total. The number of unbranched alkanes of at least 4 members (excludes halogenated alkanes) is 2. The molecular formula is C38H41F2N3O4S. The van der Waals surface area contributed by atoms with Gasteiger partial charge in [0.1, 0.15) is 23.1 Å². The van der Waals surface area contributed by atoms with Gasteiger partial charge in [0.25, 0.3) is 0 Å². The maximum atomic E-state index is 13.2. The summed E-state index contributed by atoms with van der Waals surface area (Å²) in [6.45, 7) is 8.69. The molecule has 1 unspecified atom stereocenters. The average molecular weight is 674 g/mol. The Kier molecular flexibility index (Phi) is 13.3. The van der Waals surface area contributed by atoms with Crippen molar-refractivity contribution in [3.8, 4) is 0 Å². The Morgan fingerprint density at radius 1 is 0.750 bits per heavy atom. The van der Waals surface area contributed by atoms with Gasteiger partial charge in [-0.2, -0.15) is 0 Å². The van der Waals surface area contributed by atoms with E-state index in [2.05, 4.69) is 22.6 Å². The van der Waals surface area contributed by atoms with Gasteiger partial charge in [-0.3, -0.25) is 9.59 Å². The third-order valence-electron chi connectivity index (χ3n) is 7.75. The predicted molar refractivity (Wildman–Crippen MR) is 185 cm³/mol. The van der Waals surface area contributed by atoms with Crippen LogP contribution in [0.15, 0.2) is 86.7 Å². The molecule has 0 bridgehead atoms. The maximum Gasteiger partial charge on any atom is 0.183 e. The Morgan fingerprint density at radius 2 is 1.27 bits per heavy atom. The molecule has 0 fully saturated rings. The van der Waals surface area contributed by atoms with Gasteiger partial charge in [0.15, 0.2) is 28.7 Å². The van der Waals surface area contributed by atoms with Gasteiger partial charge in [0, 0.05) is 24.8 Å². The molecule has 0 aliphatic heterocycles. The third kappa shape index (κ3) is 10.2. The number of nitrogens with one attached hydrogen (secondary N) is 1. The molecule has 0 saturated carbocycles. The molecule has 0 saturated heterocycles. The van der Waals surface area contributed by atoms with Gasteiger partial charge < -0.3 is 14.4 Å². The fraction of sp³-hybridized carbons (Fsp3) is 0.316. The lowest BCUT2D eigenvalue weighted by Gasteiger charge is -2.17. The number of hydrogen-bond acceptors (Lipinski definition) is 8. The van der Waals surface area contributed by atoms with Crippen LogP contribution < -0.4 is 5.32 Å². The molecule has 1 atom stereocenters. The fourth-order valence-electron chi connectivity index (χ4n) is 5.02. The van der Waals surface area contributed by atoms with E-state index in [1.54, 1.807) is 18.7 Å². The van der Waals surface area contributed by atoms with E-state index in [1.807, 2.05) is 55.5 Å². The number of hydrogen-bond donors (Lipinski definition) is 1. The lowest BCUT2D eigenvalue weighted by atomic mass is 10.0. The number of ketones is 2. The molecular weight excluding hydrogens is 632 g/mol. The average Bonchev–Trinajstić information content (AvgIpc) is 3.63. The number of nitrogens with zero attached hydrogens (tertiary/aromatic N) is 2. The van der Waals surface area contributed by atoms with E-state index in [9.17, 15) is 18.4 Å². The first-order chi connectivity index (χ1) is 23.0. The number of anilines is 2. The number of thioether (sulfide) groups is 1. The molecule has 5 rings (SSSR count). The molecule has 2 heterocycles. The van der Waals surface area contributed by atoms with Crippen LogP contribution in [0.2, 0.25) is 0 Å². The molecule has 3 aromatic carbocycles. The summed E-state index contributed by atoms with van der Waals surface area (Å²) >= 11 is 1.59. The predicted octanol–water partition coefficient (Wildman–Crippen LogP) is 10.6. The highest BCUT2D eigenvalue weighted by Crippen LogP contribution is 2.42. The summed E-state index contributed by atoms with van der Waals surface area (Å²) < 4.78 is 36.4. The fourth-order valence-corrected chi connectivity index (χ4v) is 6.38. The molecule has 0 aliphatic rings. The van der Waals surface area contributed by atoms with Crippen LogP contribution in [0.3, 0.4) is 0 Å². The third-order valence-corrected chi connectivity index (χ3v) is 9.26. The van der Waals surface area contributed by atoms with E-state index < -0.39 is 0 Å². The van der Waals surface area contributed by atoms with Gasteiger partial charge >= 0.3 is 0 Å². The summed E-state index contributed by atoms with van der Waals surface area (Å²) in [5, 5.41) is 11.0. The quantitative estimate of drug-likeness (QED) is 0.0706. The molecule has 0 radical (unpaired) electrons. The number of benzene rings is 3. The molecule has 2 aromatic heterocycles. The lowest BCUT2D eigenvalue weighted by molar-refractivity contribution is 0.0995. The second-order valence-corrected chi connectivity index (χ2v) is 12.8. The molecule has 48 heavy (non-hydrogen) atoms. The van der Waals surface area contributed by atoms with Crippen molar-refractivity contribution in [2.45, 2.75) is 83.3 Å². The SMILES string of the molecule is CC(=O)c1noc(C)c1Nc1ccc(CCc2ccc(F)cc2)cc1.CCCCCC(Sc1c(C(C)=O)noc1C)c1ccc(F)cc1. The first-order valence-electron chi connectivity index (χ1n) is 16.0. The van der Waals surface area contributed by atoms with Crippen LogP contribution in [-0.2, 0) is 12.8 Å². The van der Waals surface area contributed by atoms with E-state index in [0.717, 1.165) is 60.2 Å². The molecule has 5 aromatic rings. The van der Waals surface area contributed by atoms with Crippen molar-refractivity contribution in [1.29, 1.82) is 0 Å². The summed E-state index contributed by atoms with van der Waals surface area (Å²) in [6.07, 6.45) is 6.08. The van der Waals surface area contributed by atoms with Crippen LogP contribution in [0.25, 0.3) is 0 Å². The van der Waals surface area contributed by atoms with Crippen molar-refractivity contribution < 1.29 is 27.4 Å². The van der Waals surface area contributed by atoms with Crippen molar-refractivity contribution in [2.24, 2.45) is 0 Å². The number of aryl methyl sites for hydroxylation is 4. The summed E-state index contributed by atoms with van der Waals surface area (Å²) in [5.41, 5.74) is 5.50. The molecule has 0 amide bonds. The van der Waals surface area contributed by atoms with Crippen molar-refractivity contribution in [3.63, 3.8) is 0 Å². The smallest absolute Gasteiger partial charge is 0.183 e. The van der Waals surface area contributed by atoms with Crippen LogP contribution >= 0.6 is 11.8 Å². The molecule has 7 nitrogen and oxygen atoms in total. The van der Waals surface area contributed by atoms with Gasteiger partial charge in [0.05, 0.1) is 4.90 Å². The highest BCUT2D eigenvalue weighted by molar-refractivity contribution is 7.99. The summed E-state index contributed by atoms with van der Waals surface area (Å²) in [5.74, 6) is 0.532. The Morgan fingerprint density at radius 3 is 1.83 bits per heavy atom. The van der Waals surface area contributed by atoms with Crippen molar-refractivity contribution >= 4 is 34.7 Å². The lowest BCUT2D eigenvalue weighted by Crippen LogP contribution is -2.00. The number of carbonyl (C=O) groups excluding carboxylic acids is 2. The number of rotatable bonds is 14. The Hall–Kier alpha value is -4.57. The minimum atomic E-state index is -0.239. The topological polar surface area (TPSA) is 98.2 Å². The van der Waals surface area contributed by atoms with Crippen molar-refractivity contribution in [2.75, 3.05) is 5.32 Å². The molecule has 10 heteroatoms. The number of Topliss-reactive ketones (excluding diaryl/α,β-unsaturated/α-hetero) is 2. The van der Waals surface area contributed by atoms with Crippen LogP contribution in [0.1, 0.15) is 101 Å². The minimum Gasteiger partial charge on any atom is -0.360 e. The van der Waals surface area contributed by atoms with Gasteiger partial charge in [-0.1, -0.05) is 72.9 Å². The number of halogens is 2. The van der Waals surface area contributed by atoms with Gasteiger partial charge in [0.2, 0.25) is 0 Å². The highest BCUT2D eigenvalue weighted by Gasteiger charge is 2.22. The Balaban J connectivity index is 0.000000218. The van der Waals surface area contributed by atoms with Crippen LogP contribution in [-0.4, -0.2) is 21.9 Å². The van der Waals surface area contributed by atoms with E-state index in [0.29, 0.717) is 28.6 Å². The summed E-state index contributed by atoms with van der Waals surface area (Å²) in [7, 11) is 0. The molecule has 0 aliphatic carbocycles. The highest BCUT2D eigenvalue weighted by atomic mass is 32.2. The first kappa shape index (κ1) is 36.3. The van der Waals surface area contributed by atoms with E-state index in [1.165, 1.54) is 43.7 Å². The zero-order valence-electron chi connectivity index (χ0n) is 27.9. The number of carbonyl (C=O) groups is 2. The largest absolute Gasteiger partial charge is 0.360 e. The monoisotopic (exact) mass is 673 g/mol. The second kappa shape index (κ2) is 17.5. The van der Waals surface area contributed by atoms with Gasteiger partial charge in [-0.15, -0.1) is 11.8 Å². The zero-order valence-corrected chi connectivity index (χ0v) is 28.8. The van der Waals surface area contributed by atoms with Gasteiger partial charge in [-0.25, -0.2) is 8.78 Å². The standard InChI is InChI=1S/C20H19FN2O2.C18H22FNO2S/c1-13(24)19-20(14(2)25-23-19)22-18-11-7-16(8-12-18)4-3-15-5-9-17(21)10-6-15;1-4-5-6-7-16(14-8-10-15(19)11-9-14)23-18-13(3)22-20-17(18)12(2)21/h5-12,22H,3-4H2,1-2H3;8-11,16H,4-7H2,1-3H3. The zero-order chi connectivity index (χ0) is 34.6. The molecule has 0 spiro atoms. The summed E-state index contributed by atoms with van der Waals surface area (Å²) in [6, 6.07) is 21.1. The summed E-state index contributed by atoms with van der Waals surface area (Å²) in [4.78, 5) is 24.1. The van der Waals surface area contributed by atoms with Crippen LogP contribution in [0, 0.1) is 25.5 Å². The maximum absolute atomic E-state index is 13.2. The normalized spacial score (nSPS) is 11.5.